The molecule has 1 aliphatic carbocycles. The molecule has 0 radical (unpaired) electrons. The molecule has 0 amide bonds. The largest absolute Gasteiger partial charge is 0.508 e. The van der Waals surface area contributed by atoms with Gasteiger partial charge in [0.1, 0.15) is 5.75 Å². The molecule has 0 heterocycles. The van der Waals surface area contributed by atoms with Gasteiger partial charge in [-0.3, -0.25) is 0 Å². The highest BCUT2D eigenvalue weighted by Crippen LogP contribution is 2.47. The summed E-state index contributed by atoms with van der Waals surface area (Å²) in [5, 5.41) is 13.6. The van der Waals surface area contributed by atoms with E-state index in [0.29, 0.717) is 23.5 Å². The third kappa shape index (κ3) is 5.07. The number of nitrogens with one attached hydrogen (secondary N) is 1. The van der Waals surface area contributed by atoms with Gasteiger partial charge in [0.2, 0.25) is 0 Å². The van der Waals surface area contributed by atoms with Crippen LogP contribution in [0.2, 0.25) is 0 Å². The van der Waals surface area contributed by atoms with Crippen LogP contribution in [0, 0.1) is 0 Å². The van der Waals surface area contributed by atoms with Crippen molar-refractivity contribution >= 4 is 0 Å². The lowest BCUT2D eigenvalue weighted by atomic mass is 9.69. The van der Waals surface area contributed by atoms with E-state index in [1.807, 2.05) is 12.1 Å². The van der Waals surface area contributed by atoms with Gasteiger partial charge in [-0.2, -0.15) is 0 Å². The summed E-state index contributed by atoms with van der Waals surface area (Å²) in [6.45, 7) is 8.82. The summed E-state index contributed by atoms with van der Waals surface area (Å²) in [6, 6.07) is 24.5. The van der Waals surface area contributed by atoms with Gasteiger partial charge in [0.25, 0.3) is 0 Å². The van der Waals surface area contributed by atoms with E-state index >= 15 is 0 Å². The molecular formula is C30H37NO. The monoisotopic (exact) mass is 427 g/mol. The zero-order valence-corrected chi connectivity index (χ0v) is 19.8. The fourth-order valence-electron chi connectivity index (χ4n) is 5.13. The lowest BCUT2D eigenvalue weighted by molar-refractivity contribution is 0.469. The second kappa shape index (κ2) is 10.4. The highest BCUT2D eigenvalue weighted by Gasteiger charge is 2.32. The van der Waals surface area contributed by atoms with Crippen LogP contribution in [0.5, 0.6) is 5.75 Å². The molecule has 2 atom stereocenters. The van der Waals surface area contributed by atoms with Crippen LogP contribution in [0.1, 0.15) is 84.7 Å². The molecule has 2 heteroatoms. The van der Waals surface area contributed by atoms with Crippen molar-refractivity contribution < 1.29 is 5.11 Å². The van der Waals surface area contributed by atoms with Crippen LogP contribution in [0.25, 0.3) is 0 Å². The van der Waals surface area contributed by atoms with E-state index in [1.54, 1.807) is 0 Å². The van der Waals surface area contributed by atoms with Crippen molar-refractivity contribution in [1.29, 1.82) is 0 Å². The molecule has 2 N–H and O–H groups in total. The number of hydrogen-bond acceptors (Lipinski definition) is 2. The number of benzene rings is 3. The predicted molar refractivity (Wildman–Crippen MR) is 135 cm³/mol. The van der Waals surface area contributed by atoms with Crippen LogP contribution < -0.4 is 5.32 Å². The van der Waals surface area contributed by atoms with Crippen LogP contribution >= 0.6 is 0 Å². The molecule has 0 spiro atoms. The van der Waals surface area contributed by atoms with Gasteiger partial charge in [-0.25, -0.2) is 0 Å². The Labute approximate surface area is 193 Å². The van der Waals surface area contributed by atoms with E-state index in [2.05, 4.69) is 80.7 Å². The highest BCUT2D eigenvalue weighted by molar-refractivity contribution is 5.48. The topological polar surface area (TPSA) is 32.3 Å². The Morgan fingerprint density at radius 2 is 1.62 bits per heavy atom. The van der Waals surface area contributed by atoms with Gasteiger partial charge < -0.3 is 10.4 Å². The standard InChI is InChI=1S/C30H37NO/c1-4-18-31-19-17-22-5-7-25(8-6-22)30-28(24-11-9-23(10-12-24)21(2)3)15-13-26-20-27(32)14-16-29(26)30/h5-12,14,16,20-21,28,30-32H,4,13,15,17-19H2,1-3H3. The zero-order chi connectivity index (χ0) is 22.5. The smallest absolute Gasteiger partial charge is 0.115 e. The van der Waals surface area contributed by atoms with Crippen molar-refractivity contribution in [1.82, 2.24) is 5.32 Å². The number of fused-ring (bicyclic) bond motifs is 1. The molecule has 0 saturated carbocycles. The first-order chi connectivity index (χ1) is 15.6. The number of phenols is 1. The van der Waals surface area contributed by atoms with E-state index in [0.717, 1.165) is 32.4 Å². The first-order valence-electron chi connectivity index (χ1n) is 12.3. The molecule has 4 rings (SSSR count). The van der Waals surface area contributed by atoms with Crippen molar-refractivity contribution in [2.24, 2.45) is 0 Å². The molecule has 1 aliphatic rings. The SMILES string of the molecule is CCCNCCc1ccc(C2c3ccc(O)cc3CCC2c2ccc(C(C)C)cc2)cc1. The van der Waals surface area contributed by atoms with E-state index in [1.165, 1.54) is 39.8 Å². The van der Waals surface area contributed by atoms with Crippen molar-refractivity contribution in [3.05, 3.63) is 100 Å². The summed E-state index contributed by atoms with van der Waals surface area (Å²) in [5.74, 6) is 1.69. The van der Waals surface area contributed by atoms with Gasteiger partial charge in [0.15, 0.2) is 0 Å². The van der Waals surface area contributed by atoms with Gasteiger partial charge >= 0.3 is 0 Å². The van der Waals surface area contributed by atoms with E-state index in [9.17, 15) is 5.11 Å². The van der Waals surface area contributed by atoms with Crippen molar-refractivity contribution in [3.63, 3.8) is 0 Å². The van der Waals surface area contributed by atoms with Gasteiger partial charge in [-0.15, -0.1) is 0 Å². The summed E-state index contributed by atoms with van der Waals surface area (Å²) in [6.07, 6.45) is 4.35. The normalized spacial score (nSPS) is 18.0. The molecule has 2 unspecified atom stereocenters. The maximum Gasteiger partial charge on any atom is 0.115 e. The van der Waals surface area contributed by atoms with E-state index < -0.39 is 0 Å². The molecule has 0 aromatic heterocycles. The summed E-state index contributed by atoms with van der Waals surface area (Å²) in [7, 11) is 0. The van der Waals surface area contributed by atoms with Crippen LogP contribution in [0.3, 0.4) is 0 Å². The van der Waals surface area contributed by atoms with E-state index in [-0.39, 0.29) is 0 Å². The number of aryl methyl sites for hydroxylation is 1. The second-order valence-corrected chi connectivity index (χ2v) is 9.57. The molecule has 0 saturated heterocycles. The molecule has 32 heavy (non-hydrogen) atoms. The van der Waals surface area contributed by atoms with Gasteiger partial charge in [0, 0.05) is 5.92 Å². The fourth-order valence-corrected chi connectivity index (χ4v) is 5.13. The molecule has 168 valence electrons. The summed E-state index contributed by atoms with van der Waals surface area (Å²) in [4.78, 5) is 0. The number of hydrogen-bond donors (Lipinski definition) is 2. The van der Waals surface area contributed by atoms with Crippen molar-refractivity contribution in [3.8, 4) is 5.75 Å². The zero-order valence-electron chi connectivity index (χ0n) is 19.8. The second-order valence-electron chi connectivity index (χ2n) is 9.57. The quantitative estimate of drug-likeness (QED) is 0.382. The maximum atomic E-state index is 10.1. The lowest BCUT2D eigenvalue weighted by Crippen LogP contribution is -2.21. The molecule has 0 aliphatic heterocycles. The average molecular weight is 428 g/mol. The molecule has 3 aromatic rings. The van der Waals surface area contributed by atoms with Crippen LogP contribution in [-0.2, 0) is 12.8 Å². The number of phenolic OH excluding ortho intramolecular Hbond substituents is 1. The summed E-state index contributed by atoms with van der Waals surface area (Å²) < 4.78 is 0. The Bertz CT molecular complexity index is 1000. The first kappa shape index (κ1) is 22.6. The Morgan fingerprint density at radius 3 is 2.31 bits per heavy atom. The van der Waals surface area contributed by atoms with Crippen LogP contribution in [0.15, 0.2) is 66.7 Å². The maximum absolute atomic E-state index is 10.1. The molecule has 0 fully saturated rings. The lowest BCUT2D eigenvalue weighted by Gasteiger charge is -2.35. The third-order valence-corrected chi connectivity index (χ3v) is 6.98. The number of aromatic hydroxyl groups is 1. The number of rotatable bonds is 8. The van der Waals surface area contributed by atoms with Gasteiger partial charge in [-0.05, 0) is 96.1 Å². The Kier molecular flexibility index (Phi) is 7.32. The minimum Gasteiger partial charge on any atom is -0.508 e. The Hall–Kier alpha value is -2.58. The summed E-state index contributed by atoms with van der Waals surface area (Å²) >= 11 is 0. The van der Waals surface area contributed by atoms with Gasteiger partial charge in [0.05, 0.1) is 0 Å². The minimum absolute atomic E-state index is 0.316. The Morgan fingerprint density at radius 1 is 0.906 bits per heavy atom. The highest BCUT2D eigenvalue weighted by atomic mass is 16.3. The predicted octanol–water partition coefficient (Wildman–Crippen LogP) is 6.92. The fraction of sp³-hybridized carbons (Fsp3) is 0.400. The van der Waals surface area contributed by atoms with Crippen molar-refractivity contribution in [2.75, 3.05) is 13.1 Å². The van der Waals surface area contributed by atoms with Gasteiger partial charge in [-0.1, -0.05) is 75.4 Å². The molecule has 2 nitrogen and oxygen atoms in total. The van der Waals surface area contributed by atoms with Crippen LogP contribution in [0.4, 0.5) is 0 Å². The molecule has 0 bridgehead atoms. The average Bonchev–Trinajstić information content (AvgIpc) is 2.81. The molecular weight excluding hydrogens is 390 g/mol. The Balaban J connectivity index is 1.64. The third-order valence-electron chi connectivity index (χ3n) is 6.98. The van der Waals surface area contributed by atoms with Crippen molar-refractivity contribution in [2.45, 2.75) is 64.2 Å². The minimum atomic E-state index is 0.316. The molecule has 3 aromatic carbocycles. The summed E-state index contributed by atoms with van der Waals surface area (Å²) in [5.41, 5.74) is 8.23. The van der Waals surface area contributed by atoms with Crippen LogP contribution in [-0.4, -0.2) is 18.2 Å². The van der Waals surface area contributed by atoms with E-state index in [4.69, 9.17) is 0 Å². The first-order valence-corrected chi connectivity index (χ1v) is 12.3.